The number of hydrogen-bond donors (Lipinski definition) is 1. The summed E-state index contributed by atoms with van der Waals surface area (Å²) in [5.74, 6) is -0.320. The number of nitrogens with one attached hydrogen (secondary N) is 1. The van der Waals surface area contributed by atoms with Crippen LogP contribution >= 0.6 is 0 Å². The van der Waals surface area contributed by atoms with E-state index >= 15 is 0 Å². The molecule has 0 atom stereocenters. The van der Waals surface area contributed by atoms with Crippen molar-refractivity contribution < 1.29 is 9.59 Å². The predicted molar refractivity (Wildman–Crippen MR) is 101 cm³/mol. The molecule has 3 aromatic rings. The van der Waals surface area contributed by atoms with Crippen LogP contribution in [0.2, 0.25) is 0 Å². The summed E-state index contributed by atoms with van der Waals surface area (Å²) in [6, 6.07) is 16.5. The fourth-order valence-corrected chi connectivity index (χ4v) is 2.61. The molecule has 0 fully saturated rings. The van der Waals surface area contributed by atoms with Crippen LogP contribution in [-0.2, 0) is 0 Å². The smallest absolute Gasteiger partial charge is 0.259 e. The predicted octanol–water partition coefficient (Wildman–Crippen LogP) is 3.13. The molecule has 2 aromatic carbocycles. The van der Waals surface area contributed by atoms with Crippen LogP contribution in [0.5, 0.6) is 0 Å². The van der Waals surface area contributed by atoms with Crippen LogP contribution in [-0.4, -0.2) is 40.6 Å². The van der Waals surface area contributed by atoms with Crippen LogP contribution in [0, 0.1) is 6.92 Å². The molecule has 26 heavy (non-hydrogen) atoms. The van der Waals surface area contributed by atoms with Crippen LogP contribution in [0.25, 0.3) is 5.69 Å². The molecule has 3 rings (SSSR count). The fourth-order valence-electron chi connectivity index (χ4n) is 2.61. The Hall–Kier alpha value is -3.41. The van der Waals surface area contributed by atoms with E-state index in [4.69, 9.17) is 0 Å². The summed E-state index contributed by atoms with van der Waals surface area (Å²) in [6.45, 7) is 1.85. The highest BCUT2D eigenvalue weighted by Gasteiger charge is 2.15. The van der Waals surface area contributed by atoms with E-state index in [1.54, 1.807) is 49.2 Å². The van der Waals surface area contributed by atoms with Gasteiger partial charge in [-0.25, -0.2) is 4.68 Å². The van der Waals surface area contributed by atoms with Crippen molar-refractivity contribution >= 4 is 17.5 Å². The standard InChI is InChI=1S/C20H20N4O2/c1-14-18(13-21-24(14)17-7-5-4-6-8-17)19(25)22-16-11-9-15(10-12-16)20(26)23(2)3/h4-13H,1-3H3,(H,22,25). The molecule has 6 heteroatoms. The Morgan fingerprint density at radius 2 is 1.65 bits per heavy atom. The third kappa shape index (κ3) is 3.49. The topological polar surface area (TPSA) is 67.2 Å². The second-order valence-electron chi connectivity index (χ2n) is 6.12. The monoisotopic (exact) mass is 348 g/mol. The number of anilines is 1. The highest BCUT2D eigenvalue weighted by Crippen LogP contribution is 2.17. The van der Waals surface area contributed by atoms with E-state index < -0.39 is 0 Å². The summed E-state index contributed by atoms with van der Waals surface area (Å²) in [4.78, 5) is 26.0. The van der Waals surface area contributed by atoms with Crippen molar-refractivity contribution in [2.45, 2.75) is 6.92 Å². The number of aromatic nitrogens is 2. The molecule has 132 valence electrons. The summed E-state index contributed by atoms with van der Waals surface area (Å²) in [7, 11) is 3.40. The quantitative estimate of drug-likeness (QED) is 0.788. The molecular weight excluding hydrogens is 328 g/mol. The van der Waals surface area contributed by atoms with Crippen LogP contribution in [0.3, 0.4) is 0 Å². The maximum absolute atomic E-state index is 12.6. The Labute approximate surface area is 152 Å². The van der Waals surface area contributed by atoms with Gasteiger partial charge in [-0.15, -0.1) is 0 Å². The van der Waals surface area contributed by atoms with Gasteiger partial charge in [0, 0.05) is 25.3 Å². The van der Waals surface area contributed by atoms with E-state index in [2.05, 4.69) is 10.4 Å². The first-order valence-corrected chi connectivity index (χ1v) is 8.20. The molecule has 0 saturated heterocycles. The zero-order valence-corrected chi connectivity index (χ0v) is 14.9. The molecular formula is C20H20N4O2. The average molecular weight is 348 g/mol. The second kappa shape index (κ2) is 7.23. The van der Waals surface area contributed by atoms with Gasteiger partial charge < -0.3 is 10.2 Å². The van der Waals surface area contributed by atoms with Crippen molar-refractivity contribution in [2.75, 3.05) is 19.4 Å². The molecule has 0 bridgehead atoms. The number of amides is 2. The van der Waals surface area contributed by atoms with Gasteiger partial charge in [0.05, 0.1) is 23.1 Å². The van der Waals surface area contributed by atoms with Crippen LogP contribution in [0.1, 0.15) is 26.4 Å². The Balaban J connectivity index is 1.77. The summed E-state index contributed by atoms with van der Waals surface area (Å²) >= 11 is 0. The maximum Gasteiger partial charge on any atom is 0.259 e. The minimum atomic E-state index is -0.239. The number of carbonyl (C=O) groups excluding carboxylic acids is 2. The lowest BCUT2D eigenvalue weighted by atomic mass is 10.1. The first-order chi connectivity index (χ1) is 12.5. The van der Waals surface area contributed by atoms with Crippen molar-refractivity contribution in [3.63, 3.8) is 0 Å². The average Bonchev–Trinajstić information content (AvgIpc) is 3.04. The molecule has 0 aliphatic heterocycles. The largest absolute Gasteiger partial charge is 0.345 e. The number of benzene rings is 2. The van der Waals surface area contributed by atoms with Gasteiger partial charge in [-0.05, 0) is 43.3 Å². The number of rotatable bonds is 4. The van der Waals surface area contributed by atoms with Crippen molar-refractivity contribution in [3.8, 4) is 5.69 Å². The van der Waals surface area contributed by atoms with Crippen molar-refractivity contribution in [1.82, 2.24) is 14.7 Å². The third-order valence-corrected chi connectivity index (χ3v) is 4.05. The summed E-state index contributed by atoms with van der Waals surface area (Å²) in [6.07, 6.45) is 1.56. The number of para-hydroxylation sites is 1. The molecule has 0 saturated carbocycles. The van der Waals surface area contributed by atoms with E-state index in [0.717, 1.165) is 11.4 Å². The van der Waals surface area contributed by atoms with Gasteiger partial charge in [0.25, 0.3) is 11.8 Å². The zero-order valence-electron chi connectivity index (χ0n) is 14.9. The molecule has 1 heterocycles. The maximum atomic E-state index is 12.6. The lowest BCUT2D eigenvalue weighted by Crippen LogP contribution is -2.21. The Kier molecular flexibility index (Phi) is 4.84. The summed E-state index contributed by atoms with van der Waals surface area (Å²) in [5.41, 5.74) is 3.35. The van der Waals surface area contributed by atoms with Crippen molar-refractivity contribution in [3.05, 3.63) is 77.6 Å². The minimum Gasteiger partial charge on any atom is -0.345 e. The molecule has 0 radical (unpaired) electrons. The Morgan fingerprint density at radius 3 is 2.27 bits per heavy atom. The van der Waals surface area contributed by atoms with Crippen LogP contribution in [0.4, 0.5) is 5.69 Å². The summed E-state index contributed by atoms with van der Waals surface area (Å²) < 4.78 is 1.73. The van der Waals surface area contributed by atoms with Crippen molar-refractivity contribution in [1.29, 1.82) is 0 Å². The fraction of sp³-hybridized carbons (Fsp3) is 0.150. The van der Waals surface area contributed by atoms with Gasteiger partial charge in [-0.1, -0.05) is 18.2 Å². The van der Waals surface area contributed by atoms with Crippen molar-refractivity contribution in [2.24, 2.45) is 0 Å². The van der Waals surface area contributed by atoms with E-state index in [9.17, 15) is 9.59 Å². The number of nitrogens with zero attached hydrogens (tertiary/aromatic N) is 3. The van der Waals surface area contributed by atoms with Gasteiger partial charge in [-0.3, -0.25) is 9.59 Å². The lowest BCUT2D eigenvalue weighted by Gasteiger charge is -2.11. The highest BCUT2D eigenvalue weighted by molar-refractivity contribution is 6.05. The van der Waals surface area contributed by atoms with E-state index in [-0.39, 0.29) is 11.8 Å². The summed E-state index contributed by atoms with van der Waals surface area (Å²) in [5, 5.41) is 7.15. The molecule has 2 amide bonds. The van der Waals surface area contributed by atoms with Crippen LogP contribution in [0.15, 0.2) is 60.8 Å². The molecule has 1 aromatic heterocycles. The van der Waals surface area contributed by atoms with Gasteiger partial charge in [0.2, 0.25) is 0 Å². The SMILES string of the molecule is Cc1c(C(=O)Nc2ccc(C(=O)N(C)C)cc2)cnn1-c1ccccc1. The molecule has 0 aliphatic rings. The van der Waals surface area contributed by atoms with Gasteiger partial charge in [0.15, 0.2) is 0 Å². The Bertz CT molecular complexity index is 928. The first-order valence-electron chi connectivity index (χ1n) is 8.20. The van der Waals surface area contributed by atoms with E-state index in [1.165, 1.54) is 4.90 Å². The molecule has 1 N–H and O–H groups in total. The van der Waals surface area contributed by atoms with Gasteiger partial charge >= 0.3 is 0 Å². The zero-order chi connectivity index (χ0) is 18.7. The van der Waals surface area contributed by atoms with Gasteiger partial charge in [-0.2, -0.15) is 5.10 Å². The second-order valence-corrected chi connectivity index (χ2v) is 6.12. The molecule has 0 aliphatic carbocycles. The number of carbonyl (C=O) groups is 2. The van der Waals surface area contributed by atoms with Crippen LogP contribution < -0.4 is 5.32 Å². The molecule has 0 spiro atoms. The van der Waals surface area contributed by atoms with E-state index in [1.807, 2.05) is 37.3 Å². The molecule has 6 nitrogen and oxygen atoms in total. The first kappa shape index (κ1) is 17.4. The molecule has 0 unspecified atom stereocenters. The minimum absolute atomic E-state index is 0.0807. The highest BCUT2D eigenvalue weighted by atomic mass is 16.2. The van der Waals surface area contributed by atoms with E-state index in [0.29, 0.717) is 16.8 Å². The lowest BCUT2D eigenvalue weighted by molar-refractivity contribution is 0.0827. The van der Waals surface area contributed by atoms with Gasteiger partial charge in [0.1, 0.15) is 0 Å². The normalized spacial score (nSPS) is 10.4. The number of hydrogen-bond acceptors (Lipinski definition) is 3. The Morgan fingerprint density at radius 1 is 1.00 bits per heavy atom. The third-order valence-electron chi connectivity index (χ3n) is 4.05.